The van der Waals surface area contributed by atoms with Gasteiger partial charge in [0.2, 0.25) is 0 Å². The summed E-state index contributed by atoms with van der Waals surface area (Å²) >= 11 is 6.32. The molecule has 0 bridgehead atoms. The van der Waals surface area contributed by atoms with Crippen LogP contribution in [0, 0.1) is 5.92 Å². The Hall–Kier alpha value is -0.680. The first-order valence-electron chi connectivity index (χ1n) is 7.26. The van der Waals surface area contributed by atoms with E-state index in [0.717, 1.165) is 38.3 Å². The maximum Gasteiger partial charge on any atom is 0.179 e. The van der Waals surface area contributed by atoms with Crippen LogP contribution in [0.25, 0.3) is 0 Å². The molecule has 0 saturated carbocycles. The third-order valence-corrected chi connectivity index (χ3v) is 4.25. The lowest BCUT2D eigenvalue weighted by atomic mass is 10.1. The Kier molecular flexibility index (Phi) is 5.99. The maximum atomic E-state index is 6.32. The van der Waals surface area contributed by atoms with E-state index in [0.29, 0.717) is 29.9 Å². The molecule has 1 fully saturated rings. The summed E-state index contributed by atoms with van der Waals surface area (Å²) in [6.45, 7) is 5.20. The average molecular weight is 333 g/mol. The van der Waals surface area contributed by atoms with Gasteiger partial charge in [0.15, 0.2) is 11.5 Å². The lowest BCUT2D eigenvalue weighted by molar-refractivity contribution is 0.296. The van der Waals surface area contributed by atoms with E-state index in [2.05, 4.69) is 11.0 Å². The minimum Gasteiger partial charge on any atom is -0.489 e. The highest BCUT2D eigenvalue weighted by Gasteiger charge is 2.22. The van der Waals surface area contributed by atoms with Crippen LogP contribution in [-0.2, 0) is 6.54 Å². The second kappa shape index (κ2) is 7.54. The van der Waals surface area contributed by atoms with Gasteiger partial charge in [-0.05, 0) is 43.1 Å². The number of nitrogens with two attached hydrogens (primary N) is 1. The molecule has 2 heterocycles. The molecule has 6 heteroatoms. The zero-order chi connectivity index (χ0) is 13.9. The number of benzene rings is 1. The van der Waals surface area contributed by atoms with Gasteiger partial charge in [-0.2, -0.15) is 0 Å². The second-order valence-corrected chi connectivity index (χ2v) is 5.99. The van der Waals surface area contributed by atoms with Gasteiger partial charge in [-0.1, -0.05) is 11.6 Å². The molecular weight excluding hydrogens is 311 g/mol. The van der Waals surface area contributed by atoms with Crippen molar-refractivity contribution in [1.29, 1.82) is 0 Å². The third-order valence-electron chi connectivity index (χ3n) is 3.97. The van der Waals surface area contributed by atoms with Gasteiger partial charge in [-0.15, -0.1) is 12.4 Å². The fourth-order valence-corrected chi connectivity index (χ4v) is 3.17. The summed E-state index contributed by atoms with van der Waals surface area (Å²) in [6.07, 6.45) is 2.08. The summed E-state index contributed by atoms with van der Waals surface area (Å²) < 4.78 is 11.4. The monoisotopic (exact) mass is 332 g/mol. The molecular formula is C15H22Cl2N2O2. The van der Waals surface area contributed by atoms with E-state index in [9.17, 15) is 0 Å². The first kappa shape index (κ1) is 16.7. The predicted molar refractivity (Wildman–Crippen MR) is 86.7 cm³/mol. The summed E-state index contributed by atoms with van der Waals surface area (Å²) in [5.41, 5.74) is 6.92. The quantitative estimate of drug-likeness (QED) is 0.924. The van der Waals surface area contributed by atoms with Gasteiger partial charge in [0, 0.05) is 19.5 Å². The van der Waals surface area contributed by atoms with Crippen LogP contribution in [0.1, 0.15) is 18.4 Å². The summed E-state index contributed by atoms with van der Waals surface area (Å²) in [4.78, 5) is 2.42. The highest BCUT2D eigenvalue weighted by molar-refractivity contribution is 6.32. The Bertz CT molecular complexity index is 485. The number of likely N-dealkylation sites (tertiary alicyclic amines) is 1. The van der Waals surface area contributed by atoms with Gasteiger partial charge in [0.1, 0.15) is 0 Å². The van der Waals surface area contributed by atoms with Crippen LogP contribution in [0.4, 0.5) is 0 Å². The van der Waals surface area contributed by atoms with Crippen LogP contribution in [-0.4, -0.2) is 37.7 Å². The van der Waals surface area contributed by atoms with Crippen LogP contribution in [0.3, 0.4) is 0 Å². The van der Waals surface area contributed by atoms with Gasteiger partial charge in [-0.25, -0.2) is 0 Å². The molecule has 1 saturated heterocycles. The lowest BCUT2D eigenvalue weighted by Crippen LogP contribution is -2.22. The molecule has 0 aromatic heterocycles. The molecule has 3 rings (SSSR count). The van der Waals surface area contributed by atoms with E-state index in [1.807, 2.05) is 6.07 Å². The fourth-order valence-electron chi connectivity index (χ4n) is 2.88. The van der Waals surface area contributed by atoms with Crippen molar-refractivity contribution in [2.45, 2.75) is 19.4 Å². The molecule has 0 spiro atoms. The zero-order valence-electron chi connectivity index (χ0n) is 12.0. The first-order valence-corrected chi connectivity index (χ1v) is 7.64. The average Bonchev–Trinajstić information content (AvgIpc) is 2.74. The van der Waals surface area contributed by atoms with Gasteiger partial charge in [0.25, 0.3) is 0 Å². The largest absolute Gasteiger partial charge is 0.489 e. The first-order chi connectivity index (χ1) is 9.76. The topological polar surface area (TPSA) is 47.7 Å². The summed E-state index contributed by atoms with van der Waals surface area (Å²) in [5.74, 6) is 2.10. The number of rotatable bonds is 3. The van der Waals surface area contributed by atoms with Crippen molar-refractivity contribution in [3.05, 3.63) is 22.7 Å². The molecule has 0 radical (unpaired) electrons. The van der Waals surface area contributed by atoms with E-state index in [1.165, 1.54) is 12.0 Å². The van der Waals surface area contributed by atoms with Crippen molar-refractivity contribution in [3.8, 4) is 11.5 Å². The Morgan fingerprint density at radius 2 is 2.10 bits per heavy atom. The van der Waals surface area contributed by atoms with E-state index in [4.69, 9.17) is 26.8 Å². The van der Waals surface area contributed by atoms with Gasteiger partial charge in [0.05, 0.1) is 18.2 Å². The highest BCUT2D eigenvalue weighted by atomic mass is 35.5. The number of halogens is 2. The van der Waals surface area contributed by atoms with Crippen LogP contribution in [0.5, 0.6) is 11.5 Å². The second-order valence-electron chi connectivity index (χ2n) is 5.58. The van der Waals surface area contributed by atoms with Crippen molar-refractivity contribution in [2.24, 2.45) is 11.7 Å². The van der Waals surface area contributed by atoms with Crippen molar-refractivity contribution < 1.29 is 9.47 Å². The van der Waals surface area contributed by atoms with Gasteiger partial charge in [-0.3, -0.25) is 4.90 Å². The Morgan fingerprint density at radius 3 is 2.86 bits per heavy atom. The molecule has 0 aliphatic carbocycles. The predicted octanol–water partition coefficient (Wildman–Crippen LogP) is 2.70. The van der Waals surface area contributed by atoms with Crippen molar-refractivity contribution >= 4 is 24.0 Å². The molecule has 1 aromatic rings. The van der Waals surface area contributed by atoms with Crippen LogP contribution >= 0.6 is 24.0 Å². The van der Waals surface area contributed by atoms with Gasteiger partial charge >= 0.3 is 0 Å². The highest BCUT2D eigenvalue weighted by Crippen LogP contribution is 2.38. The standard InChI is InChI=1S/C15H21ClN2O2.ClH/c16-13-6-12(10-18-3-2-11(8-17)9-18)7-14-15(13)20-5-1-4-19-14;/h6-7,11H,1-5,8-10,17H2;1H. The summed E-state index contributed by atoms with van der Waals surface area (Å²) in [7, 11) is 0. The molecule has 21 heavy (non-hydrogen) atoms. The Morgan fingerprint density at radius 1 is 1.29 bits per heavy atom. The maximum absolute atomic E-state index is 6.32. The number of hydrogen-bond donors (Lipinski definition) is 1. The molecule has 2 aliphatic rings. The SMILES string of the molecule is Cl.NCC1CCN(Cc2cc(Cl)c3c(c2)OCCCO3)C1. The lowest BCUT2D eigenvalue weighted by Gasteiger charge is -2.17. The molecule has 1 unspecified atom stereocenters. The molecule has 0 amide bonds. The minimum atomic E-state index is 0. The van der Waals surface area contributed by atoms with E-state index >= 15 is 0 Å². The minimum absolute atomic E-state index is 0. The number of hydrogen-bond acceptors (Lipinski definition) is 4. The summed E-state index contributed by atoms with van der Waals surface area (Å²) in [5, 5.41) is 0.647. The molecule has 1 atom stereocenters. The normalized spacial score (nSPS) is 21.7. The molecule has 2 aliphatic heterocycles. The van der Waals surface area contributed by atoms with Crippen LogP contribution in [0.15, 0.2) is 12.1 Å². The number of fused-ring (bicyclic) bond motifs is 1. The number of nitrogens with zero attached hydrogens (tertiary/aromatic N) is 1. The Labute approximate surface area is 136 Å². The fraction of sp³-hybridized carbons (Fsp3) is 0.600. The summed E-state index contributed by atoms with van der Waals surface area (Å²) in [6, 6.07) is 4.05. The van der Waals surface area contributed by atoms with Crippen LogP contribution < -0.4 is 15.2 Å². The molecule has 1 aromatic carbocycles. The van der Waals surface area contributed by atoms with E-state index in [-0.39, 0.29) is 12.4 Å². The molecule has 4 nitrogen and oxygen atoms in total. The van der Waals surface area contributed by atoms with E-state index < -0.39 is 0 Å². The van der Waals surface area contributed by atoms with Crippen molar-refractivity contribution in [3.63, 3.8) is 0 Å². The zero-order valence-corrected chi connectivity index (χ0v) is 13.6. The number of ether oxygens (including phenoxy) is 2. The van der Waals surface area contributed by atoms with Crippen LogP contribution in [0.2, 0.25) is 5.02 Å². The van der Waals surface area contributed by atoms with E-state index in [1.54, 1.807) is 0 Å². The third kappa shape index (κ3) is 3.95. The van der Waals surface area contributed by atoms with Crippen molar-refractivity contribution in [2.75, 3.05) is 32.8 Å². The van der Waals surface area contributed by atoms with Gasteiger partial charge < -0.3 is 15.2 Å². The Balaban J connectivity index is 0.00000161. The molecule has 118 valence electrons. The van der Waals surface area contributed by atoms with Crippen molar-refractivity contribution in [1.82, 2.24) is 4.90 Å². The smallest absolute Gasteiger partial charge is 0.179 e. The molecule has 2 N–H and O–H groups in total.